The van der Waals surface area contributed by atoms with Crippen molar-refractivity contribution in [2.24, 2.45) is 0 Å². The molecule has 0 aliphatic heterocycles. The van der Waals surface area contributed by atoms with Gasteiger partial charge in [-0.15, -0.1) is 0 Å². The van der Waals surface area contributed by atoms with Gasteiger partial charge in [0.2, 0.25) is 0 Å². The Labute approximate surface area is 165 Å². The standard InChI is InChI=1S/C20H26Cl2N2O2/c1-16-13-18(25-12-7-19(21)22)14-17(2)20(16)26-11-6-4-3-5-9-24-10-8-23-15-24/h7-8,10,13-15H,3-6,9,11-12H2,1-2H3. The molecule has 1 aromatic carbocycles. The van der Waals surface area contributed by atoms with Crippen molar-refractivity contribution in [2.45, 2.75) is 46.1 Å². The van der Waals surface area contributed by atoms with Gasteiger partial charge in [0.05, 0.1) is 12.9 Å². The summed E-state index contributed by atoms with van der Waals surface area (Å²) in [6, 6.07) is 3.95. The zero-order valence-corrected chi connectivity index (χ0v) is 16.9. The second-order valence-corrected chi connectivity index (χ2v) is 7.26. The normalized spacial score (nSPS) is 10.6. The molecule has 2 rings (SSSR count). The molecule has 0 radical (unpaired) electrons. The Morgan fingerprint density at radius 2 is 1.81 bits per heavy atom. The summed E-state index contributed by atoms with van der Waals surface area (Å²) in [5.41, 5.74) is 2.14. The summed E-state index contributed by atoms with van der Waals surface area (Å²) in [7, 11) is 0. The lowest BCUT2D eigenvalue weighted by Crippen LogP contribution is -2.02. The minimum absolute atomic E-state index is 0.212. The molecule has 0 amide bonds. The Morgan fingerprint density at radius 3 is 2.46 bits per heavy atom. The third kappa shape index (κ3) is 7.30. The molecule has 0 saturated heterocycles. The Morgan fingerprint density at radius 1 is 1.08 bits per heavy atom. The van der Waals surface area contributed by atoms with E-state index in [0.29, 0.717) is 6.61 Å². The number of hydrogen-bond acceptors (Lipinski definition) is 3. The Balaban J connectivity index is 1.69. The van der Waals surface area contributed by atoms with Crippen molar-refractivity contribution in [1.82, 2.24) is 9.55 Å². The maximum absolute atomic E-state index is 5.99. The predicted octanol–water partition coefficient (Wildman–Crippen LogP) is 5.84. The van der Waals surface area contributed by atoms with E-state index in [1.165, 1.54) is 19.3 Å². The highest BCUT2D eigenvalue weighted by Crippen LogP contribution is 2.28. The Kier molecular flexibility index (Phi) is 8.86. The van der Waals surface area contributed by atoms with Gasteiger partial charge in [-0.3, -0.25) is 0 Å². The van der Waals surface area contributed by atoms with Gasteiger partial charge in [-0.2, -0.15) is 0 Å². The summed E-state index contributed by atoms with van der Waals surface area (Å²) in [6.45, 7) is 6.18. The highest BCUT2D eigenvalue weighted by Gasteiger charge is 2.07. The van der Waals surface area contributed by atoms with Gasteiger partial charge in [0, 0.05) is 18.9 Å². The molecule has 1 heterocycles. The number of imidazole rings is 1. The summed E-state index contributed by atoms with van der Waals surface area (Å²) < 4.78 is 13.9. The van der Waals surface area contributed by atoms with E-state index < -0.39 is 0 Å². The number of unbranched alkanes of at least 4 members (excludes halogenated alkanes) is 3. The smallest absolute Gasteiger partial charge is 0.125 e. The largest absolute Gasteiger partial charge is 0.493 e. The van der Waals surface area contributed by atoms with E-state index in [9.17, 15) is 0 Å². The van der Waals surface area contributed by atoms with Crippen molar-refractivity contribution in [3.8, 4) is 11.5 Å². The molecule has 4 nitrogen and oxygen atoms in total. The van der Waals surface area contributed by atoms with Gasteiger partial charge in [-0.1, -0.05) is 36.0 Å². The van der Waals surface area contributed by atoms with E-state index >= 15 is 0 Å². The highest BCUT2D eigenvalue weighted by molar-refractivity contribution is 6.55. The van der Waals surface area contributed by atoms with Crippen molar-refractivity contribution in [2.75, 3.05) is 13.2 Å². The first kappa shape index (κ1) is 20.7. The van der Waals surface area contributed by atoms with Gasteiger partial charge < -0.3 is 14.0 Å². The van der Waals surface area contributed by atoms with E-state index in [1.54, 1.807) is 6.08 Å². The van der Waals surface area contributed by atoms with Crippen molar-refractivity contribution in [1.29, 1.82) is 0 Å². The van der Waals surface area contributed by atoms with Crippen LogP contribution in [0, 0.1) is 13.8 Å². The third-order valence-corrected chi connectivity index (χ3v) is 4.35. The van der Waals surface area contributed by atoms with Crippen LogP contribution >= 0.6 is 23.2 Å². The Bertz CT molecular complexity index is 673. The van der Waals surface area contributed by atoms with Gasteiger partial charge >= 0.3 is 0 Å². The molecule has 0 unspecified atom stereocenters. The second kappa shape index (κ2) is 11.1. The van der Waals surface area contributed by atoms with Gasteiger partial charge in [-0.25, -0.2) is 4.98 Å². The maximum atomic E-state index is 5.99. The fraction of sp³-hybridized carbons (Fsp3) is 0.450. The zero-order valence-electron chi connectivity index (χ0n) is 15.4. The number of aryl methyl sites for hydroxylation is 3. The maximum Gasteiger partial charge on any atom is 0.125 e. The lowest BCUT2D eigenvalue weighted by molar-refractivity contribution is 0.298. The minimum Gasteiger partial charge on any atom is -0.493 e. The molecule has 0 N–H and O–H groups in total. The molecular formula is C20H26Cl2N2O2. The predicted molar refractivity (Wildman–Crippen MR) is 107 cm³/mol. The first-order chi connectivity index (χ1) is 12.6. The molecule has 26 heavy (non-hydrogen) atoms. The quantitative estimate of drug-likeness (QED) is 0.447. The first-order valence-corrected chi connectivity index (χ1v) is 9.65. The van der Waals surface area contributed by atoms with Gasteiger partial charge in [0.1, 0.15) is 22.6 Å². The average molecular weight is 397 g/mol. The van der Waals surface area contributed by atoms with Crippen LogP contribution in [0.15, 0.2) is 41.4 Å². The van der Waals surface area contributed by atoms with Crippen LogP contribution in [0.5, 0.6) is 11.5 Å². The molecule has 0 atom stereocenters. The SMILES string of the molecule is Cc1cc(OCC=C(Cl)Cl)cc(C)c1OCCCCCCn1ccnc1. The molecule has 0 fully saturated rings. The van der Waals surface area contributed by atoms with Crippen LogP contribution in [-0.2, 0) is 6.54 Å². The zero-order chi connectivity index (χ0) is 18.8. The molecule has 6 heteroatoms. The van der Waals surface area contributed by atoms with Crippen molar-refractivity contribution < 1.29 is 9.47 Å². The topological polar surface area (TPSA) is 36.3 Å². The molecule has 0 bridgehead atoms. The minimum atomic E-state index is 0.212. The van der Waals surface area contributed by atoms with Crippen LogP contribution in [-0.4, -0.2) is 22.8 Å². The number of halogens is 2. The Hall–Kier alpha value is -1.65. The summed E-state index contributed by atoms with van der Waals surface area (Å²) in [5, 5.41) is 0. The number of nitrogens with zero attached hydrogens (tertiary/aromatic N) is 2. The fourth-order valence-corrected chi connectivity index (χ4v) is 2.89. The molecular weight excluding hydrogens is 371 g/mol. The first-order valence-electron chi connectivity index (χ1n) is 8.90. The van der Waals surface area contributed by atoms with Crippen LogP contribution in [0.25, 0.3) is 0 Å². The van der Waals surface area contributed by atoms with Gasteiger partial charge in [0.15, 0.2) is 0 Å². The van der Waals surface area contributed by atoms with E-state index in [-0.39, 0.29) is 4.49 Å². The lowest BCUT2D eigenvalue weighted by Gasteiger charge is -2.14. The number of aromatic nitrogens is 2. The van der Waals surface area contributed by atoms with Crippen LogP contribution in [0.4, 0.5) is 0 Å². The van der Waals surface area contributed by atoms with Gasteiger partial charge in [0.25, 0.3) is 0 Å². The molecule has 0 aliphatic carbocycles. The summed E-state index contributed by atoms with van der Waals surface area (Å²) in [5.74, 6) is 1.74. The average Bonchev–Trinajstić information content (AvgIpc) is 3.09. The van der Waals surface area contributed by atoms with Crippen molar-refractivity contribution in [3.05, 3.63) is 52.5 Å². The van der Waals surface area contributed by atoms with E-state index in [4.69, 9.17) is 32.7 Å². The number of ether oxygens (including phenoxy) is 2. The summed E-state index contributed by atoms with van der Waals surface area (Å²) >= 11 is 11.2. The van der Waals surface area contributed by atoms with E-state index in [0.717, 1.165) is 42.2 Å². The van der Waals surface area contributed by atoms with Crippen LogP contribution in [0.1, 0.15) is 36.8 Å². The number of benzene rings is 1. The van der Waals surface area contributed by atoms with Crippen LogP contribution < -0.4 is 9.47 Å². The molecule has 1 aromatic heterocycles. The molecule has 2 aromatic rings. The lowest BCUT2D eigenvalue weighted by atomic mass is 10.1. The van der Waals surface area contributed by atoms with Gasteiger partial charge in [-0.05, 0) is 56.0 Å². The number of rotatable bonds is 11. The second-order valence-electron chi connectivity index (χ2n) is 6.25. The molecule has 142 valence electrons. The summed E-state index contributed by atoms with van der Waals surface area (Å²) in [6.07, 6.45) is 11.9. The van der Waals surface area contributed by atoms with Crippen LogP contribution in [0.2, 0.25) is 0 Å². The van der Waals surface area contributed by atoms with E-state index in [1.807, 2.05) is 44.7 Å². The fourth-order valence-electron chi connectivity index (χ4n) is 2.77. The monoisotopic (exact) mass is 396 g/mol. The van der Waals surface area contributed by atoms with Crippen molar-refractivity contribution >= 4 is 23.2 Å². The van der Waals surface area contributed by atoms with E-state index in [2.05, 4.69) is 9.55 Å². The number of hydrogen-bond donors (Lipinski definition) is 0. The molecule has 0 spiro atoms. The third-order valence-electron chi connectivity index (χ3n) is 4.04. The highest BCUT2D eigenvalue weighted by atomic mass is 35.5. The molecule has 0 saturated carbocycles. The van der Waals surface area contributed by atoms with Crippen LogP contribution in [0.3, 0.4) is 0 Å². The summed E-state index contributed by atoms with van der Waals surface area (Å²) in [4.78, 5) is 4.05. The molecule has 0 aliphatic rings. The van der Waals surface area contributed by atoms with Crippen molar-refractivity contribution in [3.63, 3.8) is 0 Å².